The molecule has 6 heteroatoms. The van der Waals surface area contributed by atoms with E-state index in [0.29, 0.717) is 12.5 Å². The van der Waals surface area contributed by atoms with Gasteiger partial charge < -0.3 is 19.5 Å². The van der Waals surface area contributed by atoms with Gasteiger partial charge in [0, 0.05) is 37.7 Å². The van der Waals surface area contributed by atoms with Crippen LogP contribution in [0.25, 0.3) is 0 Å². The number of ether oxygens (including phenoxy) is 2. The quantitative estimate of drug-likeness (QED) is 0.907. The SMILES string of the molecule is COc1ccc2c(c1)OC[C@@H](Cc1nccc(N3CCC(O)CC3)n1)C2. The van der Waals surface area contributed by atoms with Crippen LogP contribution < -0.4 is 14.4 Å². The first-order valence-electron chi connectivity index (χ1n) is 9.26. The summed E-state index contributed by atoms with van der Waals surface area (Å²) >= 11 is 0. The summed E-state index contributed by atoms with van der Waals surface area (Å²) in [6.07, 6.45) is 5.03. The van der Waals surface area contributed by atoms with Crippen molar-refractivity contribution in [2.45, 2.75) is 31.8 Å². The van der Waals surface area contributed by atoms with Crippen molar-refractivity contribution in [2.75, 3.05) is 31.7 Å². The van der Waals surface area contributed by atoms with Gasteiger partial charge in [-0.1, -0.05) is 6.07 Å². The van der Waals surface area contributed by atoms with Crippen molar-refractivity contribution in [3.63, 3.8) is 0 Å². The standard InChI is InChI=1S/C20H25N3O3/c1-25-17-3-2-15-10-14(13-26-18(15)12-17)11-19-21-7-4-20(22-19)23-8-5-16(24)6-9-23/h2-4,7,12,14,16,24H,5-6,8-11,13H2,1H3/t14-/m1/s1. The minimum absolute atomic E-state index is 0.175. The number of anilines is 1. The summed E-state index contributed by atoms with van der Waals surface area (Å²) in [4.78, 5) is 11.5. The monoisotopic (exact) mass is 355 g/mol. The highest BCUT2D eigenvalue weighted by Crippen LogP contribution is 2.32. The number of aromatic nitrogens is 2. The Morgan fingerprint density at radius 2 is 2.12 bits per heavy atom. The van der Waals surface area contributed by atoms with E-state index in [9.17, 15) is 5.11 Å². The number of fused-ring (bicyclic) bond motifs is 1. The predicted molar refractivity (Wildman–Crippen MR) is 98.9 cm³/mol. The zero-order valence-corrected chi connectivity index (χ0v) is 15.1. The van der Waals surface area contributed by atoms with Crippen LogP contribution in [-0.4, -0.2) is 48.0 Å². The molecule has 3 heterocycles. The Balaban J connectivity index is 1.42. The third kappa shape index (κ3) is 3.75. The third-order valence-electron chi connectivity index (χ3n) is 5.21. The van der Waals surface area contributed by atoms with Gasteiger partial charge in [0.2, 0.25) is 0 Å². The molecule has 0 amide bonds. The topological polar surface area (TPSA) is 67.7 Å². The van der Waals surface area contributed by atoms with Gasteiger partial charge in [-0.25, -0.2) is 9.97 Å². The molecule has 138 valence electrons. The molecule has 2 aliphatic heterocycles. The maximum absolute atomic E-state index is 9.68. The zero-order chi connectivity index (χ0) is 17.9. The molecule has 2 aliphatic rings. The van der Waals surface area contributed by atoms with Gasteiger partial charge >= 0.3 is 0 Å². The fourth-order valence-electron chi connectivity index (χ4n) is 3.69. The Morgan fingerprint density at radius 3 is 2.92 bits per heavy atom. The summed E-state index contributed by atoms with van der Waals surface area (Å²) in [5.74, 6) is 3.93. The van der Waals surface area contributed by atoms with Crippen LogP contribution in [0.1, 0.15) is 24.2 Å². The maximum Gasteiger partial charge on any atom is 0.132 e. The molecule has 1 atom stereocenters. The number of hydrogen-bond donors (Lipinski definition) is 1. The molecule has 1 saturated heterocycles. The highest BCUT2D eigenvalue weighted by molar-refractivity contribution is 5.42. The Morgan fingerprint density at radius 1 is 1.27 bits per heavy atom. The summed E-state index contributed by atoms with van der Waals surface area (Å²) < 4.78 is 11.2. The minimum Gasteiger partial charge on any atom is -0.497 e. The van der Waals surface area contributed by atoms with Gasteiger partial charge in [-0.3, -0.25) is 0 Å². The Kier molecular flexibility index (Phi) is 4.93. The number of benzene rings is 1. The summed E-state index contributed by atoms with van der Waals surface area (Å²) in [7, 11) is 1.67. The predicted octanol–water partition coefficient (Wildman–Crippen LogP) is 2.24. The second kappa shape index (κ2) is 7.50. The van der Waals surface area contributed by atoms with Crippen molar-refractivity contribution in [3.8, 4) is 11.5 Å². The molecule has 1 aromatic carbocycles. The number of rotatable bonds is 4. The summed E-state index contributed by atoms with van der Waals surface area (Å²) in [5, 5.41) is 9.68. The van der Waals surface area contributed by atoms with E-state index in [2.05, 4.69) is 16.0 Å². The lowest BCUT2D eigenvalue weighted by Gasteiger charge is -2.30. The zero-order valence-electron chi connectivity index (χ0n) is 15.1. The van der Waals surface area contributed by atoms with Gasteiger partial charge in [0.1, 0.15) is 23.1 Å². The number of aliphatic hydroxyl groups excluding tert-OH is 1. The molecular weight excluding hydrogens is 330 g/mol. The second-order valence-corrected chi connectivity index (χ2v) is 7.11. The molecule has 0 radical (unpaired) electrons. The van der Waals surface area contributed by atoms with E-state index in [1.807, 2.05) is 24.4 Å². The third-order valence-corrected chi connectivity index (χ3v) is 5.21. The number of methoxy groups -OCH3 is 1. The van der Waals surface area contributed by atoms with Crippen molar-refractivity contribution in [2.24, 2.45) is 5.92 Å². The van der Waals surface area contributed by atoms with Crippen LogP contribution >= 0.6 is 0 Å². The van der Waals surface area contributed by atoms with E-state index in [1.165, 1.54) is 5.56 Å². The number of piperidine rings is 1. The molecule has 0 unspecified atom stereocenters. The summed E-state index contributed by atoms with van der Waals surface area (Å²) in [6, 6.07) is 7.97. The fraction of sp³-hybridized carbons (Fsp3) is 0.500. The molecule has 0 saturated carbocycles. The van der Waals surface area contributed by atoms with Crippen molar-refractivity contribution in [1.29, 1.82) is 0 Å². The average molecular weight is 355 g/mol. The van der Waals surface area contributed by atoms with Crippen LogP contribution in [0.2, 0.25) is 0 Å². The smallest absolute Gasteiger partial charge is 0.132 e. The van der Waals surface area contributed by atoms with Crippen LogP contribution in [0.15, 0.2) is 30.5 Å². The van der Waals surface area contributed by atoms with Gasteiger partial charge in [-0.2, -0.15) is 0 Å². The lowest BCUT2D eigenvalue weighted by Crippen LogP contribution is -2.36. The Labute approximate surface area is 153 Å². The lowest BCUT2D eigenvalue weighted by molar-refractivity contribution is 0.145. The molecule has 1 aromatic heterocycles. The van der Waals surface area contributed by atoms with Gasteiger partial charge in [0.05, 0.1) is 19.8 Å². The molecular formula is C20H25N3O3. The highest BCUT2D eigenvalue weighted by atomic mass is 16.5. The average Bonchev–Trinajstić information content (AvgIpc) is 2.68. The fourth-order valence-corrected chi connectivity index (χ4v) is 3.69. The molecule has 6 nitrogen and oxygen atoms in total. The lowest BCUT2D eigenvalue weighted by atomic mass is 9.93. The molecule has 4 rings (SSSR count). The molecule has 1 fully saturated rings. The Hall–Kier alpha value is -2.34. The number of aliphatic hydroxyl groups is 1. The summed E-state index contributed by atoms with van der Waals surface area (Å²) in [6.45, 7) is 2.36. The van der Waals surface area contributed by atoms with E-state index in [1.54, 1.807) is 7.11 Å². The van der Waals surface area contributed by atoms with Crippen molar-refractivity contribution in [3.05, 3.63) is 41.9 Å². The summed E-state index contributed by atoms with van der Waals surface area (Å²) in [5.41, 5.74) is 1.21. The van der Waals surface area contributed by atoms with Crippen LogP contribution in [-0.2, 0) is 12.8 Å². The van der Waals surface area contributed by atoms with E-state index in [-0.39, 0.29) is 6.10 Å². The first kappa shape index (κ1) is 17.1. The van der Waals surface area contributed by atoms with E-state index in [0.717, 1.165) is 61.9 Å². The van der Waals surface area contributed by atoms with E-state index >= 15 is 0 Å². The van der Waals surface area contributed by atoms with Crippen molar-refractivity contribution >= 4 is 5.82 Å². The van der Waals surface area contributed by atoms with E-state index < -0.39 is 0 Å². The minimum atomic E-state index is -0.175. The largest absolute Gasteiger partial charge is 0.497 e. The number of nitrogens with zero attached hydrogens (tertiary/aromatic N) is 3. The normalized spacial score (nSPS) is 20.4. The molecule has 2 aromatic rings. The van der Waals surface area contributed by atoms with Gasteiger partial charge in [-0.05, 0) is 37.0 Å². The van der Waals surface area contributed by atoms with Crippen LogP contribution in [0.3, 0.4) is 0 Å². The maximum atomic E-state index is 9.68. The van der Waals surface area contributed by atoms with Crippen LogP contribution in [0, 0.1) is 5.92 Å². The van der Waals surface area contributed by atoms with E-state index in [4.69, 9.17) is 14.5 Å². The molecule has 0 bridgehead atoms. The molecule has 0 aliphatic carbocycles. The van der Waals surface area contributed by atoms with Gasteiger partial charge in [-0.15, -0.1) is 0 Å². The molecule has 26 heavy (non-hydrogen) atoms. The van der Waals surface area contributed by atoms with Gasteiger partial charge in [0.25, 0.3) is 0 Å². The first-order valence-corrected chi connectivity index (χ1v) is 9.26. The van der Waals surface area contributed by atoms with Crippen LogP contribution in [0.5, 0.6) is 11.5 Å². The first-order chi connectivity index (χ1) is 12.7. The Bertz CT molecular complexity index is 760. The number of hydrogen-bond acceptors (Lipinski definition) is 6. The molecule has 0 spiro atoms. The second-order valence-electron chi connectivity index (χ2n) is 7.11. The highest BCUT2D eigenvalue weighted by Gasteiger charge is 2.23. The van der Waals surface area contributed by atoms with Crippen molar-refractivity contribution in [1.82, 2.24) is 9.97 Å². The van der Waals surface area contributed by atoms with Crippen molar-refractivity contribution < 1.29 is 14.6 Å². The van der Waals surface area contributed by atoms with Crippen LogP contribution in [0.4, 0.5) is 5.82 Å². The molecule has 1 N–H and O–H groups in total. The van der Waals surface area contributed by atoms with Gasteiger partial charge in [0.15, 0.2) is 0 Å².